The molecule has 1 aromatic carbocycles. The van der Waals surface area contributed by atoms with E-state index in [-0.39, 0.29) is 12.0 Å². The van der Waals surface area contributed by atoms with E-state index in [1.54, 1.807) is 36.4 Å². The molecule has 1 aliphatic heterocycles. The second-order valence-corrected chi connectivity index (χ2v) is 8.17. The Morgan fingerprint density at radius 3 is 2.63 bits per heavy atom. The smallest absolute Gasteiger partial charge is 0.411 e. The molecule has 2 amide bonds. The fraction of sp³-hybridized carbons (Fsp3) is 0.409. The number of aromatic nitrogens is 1. The summed E-state index contributed by atoms with van der Waals surface area (Å²) >= 11 is 5.82. The van der Waals surface area contributed by atoms with Crippen LogP contribution in [0.5, 0.6) is 0 Å². The Hall–Kier alpha value is -2.64. The van der Waals surface area contributed by atoms with E-state index in [4.69, 9.17) is 16.3 Å². The van der Waals surface area contributed by atoms with Crippen LogP contribution in [0.3, 0.4) is 0 Å². The van der Waals surface area contributed by atoms with Crippen molar-refractivity contribution < 1.29 is 14.3 Å². The zero-order chi connectivity index (χ0) is 20.9. The van der Waals surface area contributed by atoms with Gasteiger partial charge in [0.05, 0.1) is 16.3 Å². The Balaban J connectivity index is 1.34. The van der Waals surface area contributed by atoms with Crippen LogP contribution in [0.25, 0.3) is 0 Å². The first-order chi connectivity index (χ1) is 14.6. The molecule has 0 unspecified atom stereocenters. The molecule has 158 valence electrons. The monoisotopic (exact) mass is 428 g/mol. The number of rotatable bonds is 5. The number of para-hydroxylation sites is 1. The number of amides is 2. The van der Waals surface area contributed by atoms with Crippen LogP contribution in [0, 0.1) is 0 Å². The molecule has 2 aliphatic rings. The van der Waals surface area contributed by atoms with Crippen molar-refractivity contribution in [2.45, 2.75) is 44.2 Å². The zero-order valence-electron chi connectivity index (χ0n) is 16.6. The van der Waals surface area contributed by atoms with Crippen molar-refractivity contribution in [1.29, 1.82) is 0 Å². The maximum atomic E-state index is 12.7. The first-order valence-corrected chi connectivity index (χ1v) is 10.7. The third-order valence-corrected chi connectivity index (χ3v) is 5.89. The summed E-state index contributed by atoms with van der Waals surface area (Å²) in [6.07, 6.45) is 6.69. The van der Waals surface area contributed by atoms with Gasteiger partial charge in [0.25, 0.3) is 5.91 Å². The second-order valence-electron chi connectivity index (χ2n) is 7.74. The van der Waals surface area contributed by atoms with Gasteiger partial charge in [0, 0.05) is 25.3 Å². The predicted octanol–water partition coefficient (Wildman–Crippen LogP) is 4.55. The SMILES string of the molecule is O=C(Nc1ccccc1C(=O)Nc1ccc(Cl)cn1)O[C@@H]1CCN(C2CCCC2)C1. The summed E-state index contributed by atoms with van der Waals surface area (Å²) < 4.78 is 5.62. The van der Waals surface area contributed by atoms with Crippen LogP contribution in [0.15, 0.2) is 42.6 Å². The van der Waals surface area contributed by atoms with Gasteiger partial charge in [0.1, 0.15) is 11.9 Å². The lowest BCUT2D eigenvalue weighted by Crippen LogP contribution is -2.33. The number of likely N-dealkylation sites (tertiary alicyclic amines) is 1. The molecule has 8 heteroatoms. The van der Waals surface area contributed by atoms with E-state index in [2.05, 4.69) is 20.5 Å². The minimum absolute atomic E-state index is 0.121. The molecule has 4 rings (SSSR count). The van der Waals surface area contributed by atoms with Crippen LogP contribution in [0.1, 0.15) is 42.5 Å². The number of hydrogen-bond donors (Lipinski definition) is 2. The van der Waals surface area contributed by atoms with Crippen molar-refractivity contribution in [2.75, 3.05) is 23.7 Å². The predicted molar refractivity (Wildman–Crippen MR) is 116 cm³/mol. The molecule has 1 aromatic heterocycles. The van der Waals surface area contributed by atoms with E-state index in [0.717, 1.165) is 19.5 Å². The van der Waals surface area contributed by atoms with Crippen LogP contribution >= 0.6 is 11.6 Å². The topological polar surface area (TPSA) is 83.6 Å². The van der Waals surface area contributed by atoms with Crippen LogP contribution in [0.2, 0.25) is 5.02 Å². The Morgan fingerprint density at radius 2 is 1.87 bits per heavy atom. The highest BCUT2D eigenvalue weighted by Gasteiger charge is 2.32. The van der Waals surface area contributed by atoms with Gasteiger partial charge in [-0.2, -0.15) is 0 Å². The number of nitrogens with zero attached hydrogens (tertiary/aromatic N) is 2. The van der Waals surface area contributed by atoms with Crippen molar-refractivity contribution in [1.82, 2.24) is 9.88 Å². The molecule has 1 atom stereocenters. The largest absolute Gasteiger partial charge is 0.445 e. The van der Waals surface area contributed by atoms with Gasteiger partial charge in [-0.15, -0.1) is 0 Å². The quantitative estimate of drug-likeness (QED) is 0.729. The summed E-state index contributed by atoms with van der Waals surface area (Å²) in [5, 5.41) is 5.90. The van der Waals surface area contributed by atoms with E-state index >= 15 is 0 Å². The first kappa shape index (κ1) is 20.6. The first-order valence-electron chi connectivity index (χ1n) is 10.3. The number of halogens is 1. The lowest BCUT2D eigenvalue weighted by Gasteiger charge is -2.23. The molecule has 1 saturated carbocycles. The molecule has 7 nitrogen and oxygen atoms in total. The van der Waals surface area contributed by atoms with E-state index in [9.17, 15) is 9.59 Å². The highest BCUT2D eigenvalue weighted by molar-refractivity contribution is 6.30. The van der Waals surface area contributed by atoms with E-state index in [0.29, 0.717) is 28.1 Å². The fourth-order valence-electron chi connectivity index (χ4n) is 4.17. The molecule has 2 fully saturated rings. The van der Waals surface area contributed by atoms with E-state index in [1.165, 1.54) is 31.9 Å². The van der Waals surface area contributed by atoms with Gasteiger partial charge < -0.3 is 10.1 Å². The summed E-state index contributed by atoms with van der Waals surface area (Å²) in [6.45, 7) is 1.75. The van der Waals surface area contributed by atoms with Crippen LogP contribution < -0.4 is 10.6 Å². The Morgan fingerprint density at radius 1 is 1.07 bits per heavy atom. The van der Waals surface area contributed by atoms with Gasteiger partial charge in [-0.05, 0) is 43.5 Å². The zero-order valence-corrected chi connectivity index (χ0v) is 17.4. The molecule has 0 radical (unpaired) electrons. The summed E-state index contributed by atoms with van der Waals surface area (Å²) in [5.74, 6) is -0.00580. The minimum atomic E-state index is -0.543. The summed E-state index contributed by atoms with van der Waals surface area (Å²) in [5.41, 5.74) is 0.713. The second kappa shape index (κ2) is 9.45. The number of carbonyl (C=O) groups is 2. The third-order valence-electron chi connectivity index (χ3n) is 5.67. The summed E-state index contributed by atoms with van der Waals surface area (Å²) in [6, 6.07) is 10.7. The molecule has 2 heterocycles. The Bertz CT molecular complexity index is 900. The number of pyridine rings is 1. The van der Waals surface area contributed by atoms with E-state index in [1.807, 2.05) is 0 Å². The normalized spacial score (nSPS) is 19.6. The lowest BCUT2D eigenvalue weighted by atomic mass is 10.1. The summed E-state index contributed by atoms with van der Waals surface area (Å²) in [7, 11) is 0. The molecule has 2 aromatic rings. The maximum Gasteiger partial charge on any atom is 0.411 e. The number of benzene rings is 1. The molecule has 0 bridgehead atoms. The molecular weight excluding hydrogens is 404 g/mol. The average Bonchev–Trinajstić information content (AvgIpc) is 3.42. The van der Waals surface area contributed by atoms with E-state index < -0.39 is 6.09 Å². The van der Waals surface area contributed by atoms with Gasteiger partial charge in [0.15, 0.2) is 0 Å². The number of anilines is 2. The molecule has 0 spiro atoms. The van der Waals surface area contributed by atoms with Gasteiger partial charge in [0.2, 0.25) is 0 Å². The van der Waals surface area contributed by atoms with Crippen molar-refractivity contribution >= 4 is 35.1 Å². The van der Waals surface area contributed by atoms with Crippen LogP contribution in [0.4, 0.5) is 16.3 Å². The number of hydrogen-bond acceptors (Lipinski definition) is 5. The molecule has 30 heavy (non-hydrogen) atoms. The molecular formula is C22H25ClN4O3. The highest BCUT2D eigenvalue weighted by atomic mass is 35.5. The Labute approximate surface area is 180 Å². The lowest BCUT2D eigenvalue weighted by molar-refractivity contribution is 0.102. The van der Waals surface area contributed by atoms with Gasteiger partial charge in [-0.3, -0.25) is 15.0 Å². The van der Waals surface area contributed by atoms with Crippen molar-refractivity contribution in [3.63, 3.8) is 0 Å². The molecule has 2 N–H and O–H groups in total. The fourth-order valence-corrected chi connectivity index (χ4v) is 4.28. The van der Waals surface area contributed by atoms with Crippen molar-refractivity contribution in [3.05, 3.63) is 53.2 Å². The summed E-state index contributed by atoms with van der Waals surface area (Å²) in [4.78, 5) is 31.6. The minimum Gasteiger partial charge on any atom is -0.445 e. The van der Waals surface area contributed by atoms with Crippen molar-refractivity contribution in [2.24, 2.45) is 0 Å². The average molecular weight is 429 g/mol. The number of ether oxygens (including phenoxy) is 1. The standard InChI is InChI=1S/C22H25ClN4O3/c23-15-9-10-20(24-13-15)26-21(28)18-7-3-4-8-19(18)25-22(29)30-17-11-12-27(14-17)16-5-1-2-6-16/h3-4,7-10,13,16-17H,1-2,5-6,11-12,14H2,(H,25,29)(H,24,26,28)/t17-/m1/s1. The van der Waals surface area contributed by atoms with Gasteiger partial charge >= 0.3 is 6.09 Å². The highest BCUT2D eigenvalue weighted by Crippen LogP contribution is 2.27. The Kier molecular flexibility index (Phi) is 6.50. The third kappa shape index (κ3) is 5.09. The van der Waals surface area contributed by atoms with Gasteiger partial charge in [-0.25, -0.2) is 9.78 Å². The maximum absolute atomic E-state index is 12.7. The number of carbonyl (C=O) groups excluding carboxylic acids is 2. The molecule has 1 saturated heterocycles. The van der Waals surface area contributed by atoms with Gasteiger partial charge in [-0.1, -0.05) is 36.6 Å². The molecule has 1 aliphatic carbocycles. The number of nitrogens with one attached hydrogen (secondary N) is 2. The van der Waals surface area contributed by atoms with Crippen LogP contribution in [-0.4, -0.2) is 47.1 Å². The van der Waals surface area contributed by atoms with Crippen LogP contribution in [-0.2, 0) is 4.74 Å². The van der Waals surface area contributed by atoms with Crippen molar-refractivity contribution in [3.8, 4) is 0 Å².